The number of nitrogens with one attached hydrogen (secondary N) is 1. The van der Waals surface area contributed by atoms with Gasteiger partial charge in [0.2, 0.25) is 5.91 Å². The molecule has 33 heavy (non-hydrogen) atoms. The quantitative estimate of drug-likeness (QED) is 0.312. The second kappa shape index (κ2) is 9.19. The molecule has 2 unspecified atom stereocenters. The molecular weight excluding hydrogens is 454 g/mol. The molecule has 0 radical (unpaired) electrons. The number of carbonyl (C=O) groups is 1. The lowest BCUT2D eigenvalue weighted by atomic mass is 9.89. The van der Waals surface area contributed by atoms with E-state index < -0.39 is 5.25 Å². The van der Waals surface area contributed by atoms with Crippen molar-refractivity contribution >= 4 is 39.2 Å². The van der Waals surface area contributed by atoms with Gasteiger partial charge in [-0.2, -0.15) is 0 Å². The molecule has 0 spiro atoms. The molecule has 3 heterocycles. The molecule has 0 saturated heterocycles. The van der Waals surface area contributed by atoms with Crippen molar-refractivity contribution in [2.45, 2.75) is 50.1 Å². The van der Waals surface area contributed by atoms with E-state index in [0.29, 0.717) is 23.4 Å². The first-order valence-corrected chi connectivity index (χ1v) is 12.8. The maximum Gasteiger partial charge on any atom is 0.267 e. The van der Waals surface area contributed by atoms with Crippen molar-refractivity contribution in [1.29, 1.82) is 0 Å². The highest BCUT2D eigenvalue weighted by molar-refractivity contribution is 8.00. The summed E-state index contributed by atoms with van der Waals surface area (Å²) in [5, 5.41) is 3.73. The van der Waals surface area contributed by atoms with Crippen molar-refractivity contribution in [1.82, 2.24) is 14.9 Å². The lowest BCUT2D eigenvalue weighted by Gasteiger charge is -2.18. The van der Waals surface area contributed by atoms with Crippen LogP contribution in [0.1, 0.15) is 36.5 Å². The van der Waals surface area contributed by atoms with Crippen LogP contribution in [0.15, 0.2) is 63.1 Å². The van der Waals surface area contributed by atoms with Crippen LogP contribution in [-0.2, 0) is 24.2 Å². The second-order valence-corrected chi connectivity index (χ2v) is 10.9. The van der Waals surface area contributed by atoms with Crippen molar-refractivity contribution in [3.63, 3.8) is 0 Å². The number of fused-ring (bicyclic) bond motifs is 3. The smallest absolute Gasteiger partial charge is 0.267 e. The number of furan rings is 1. The summed E-state index contributed by atoms with van der Waals surface area (Å²) in [4.78, 5) is 33.5. The van der Waals surface area contributed by atoms with Crippen molar-refractivity contribution in [2.75, 3.05) is 0 Å². The van der Waals surface area contributed by atoms with Crippen LogP contribution >= 0.6 is 23.1 Å². The third-order valence-electron chi connectivity index (χ3n) is 5.98. The molecule has 1 aromatic carbocycles. The minimum atomic E-state index is -0.436. The first kappa shape index (κ1) is 22.0. The van der Waals surface area contributed by atoms with E-state index in [2.05, 4.69) is 12.2 Å². The predicted molar refractivity (Wildman–Crippen MR) is 132 cm³/mol. The van der Waals surface area contributed by atoms with Gasteiger partial charge >= 0.3 is 0 Å². The molecule has 1 amide bonds. The maximum absolute atomic E-state index is 13.8. The van der Waals surface area contributed by atoms with Gasteiger partial charge in [0, 0.05) is 4.88 Å². The molecule has 170 valence electrons. The summed E-state index contributed by atoms with van der Waals surface area (Å²) in [6.07, 6.45) is 4.58. The Hall–Kier alpha value is -2.84. The number of aromatic nitrogens is 2. The predicted octanol–water partition coefficient (Wildman–Crippen LogP) is 4.96. The number of thioether (sulfide) groups is 1. The summed E-state index contributed by atoms with van der Waals surface area (Å²) < 4.78 is 6.95. The Bertz CT molecular complexity index is 1340. The fourth-order valence-corrected chi connectivity index (χ4v) is 6.57. The average Bonchev–Trinajstić information content (AvgIpc) is 3.45. The van der Waals surface area contributed by atoms with Gasteiger partial charge in [0.1, 0.15) is 10.6 Å². The van der Waals surface area contributed by atoms with E-state index in [-0.39, 0.29) is 11.5 Å². The Balaban J connectivity index is 1.53. The van der Waals surface area contributed by atoms with Crippen LogP contribution in [0, 0.1) is 5.92 Å². The summed E-state index contributed by atoms with van der Waals surface area (Å²) >= 11 is 2.93. The largest absolute Gasteiger partial charge is 0.467 e. The third kappa shape index (κ3) is 4.37. The molecule has 1 aliphatic rings. The van der Waals surface area contributed by atoms with Gasteiger partial charge < -0.3 is 9.73 Å². The Morgan fingerprint density at radius 2 is 2.12 bits per heavy atom. The highest BCUT2D eigenvalue weighted by Gasteiger charge is 2.26. The molecular formula is C25H25N3O3S2. The Labute approximate surface area is 200 Å². The molecule has 0 bridgehead atoms. The van der Waals surface area contributed by atoms with Crippen LogP contribution in [0.25, 0.3) is 15.9 Å². The fraction of sp³-hybridized carbons (Fsp3) is 0.320. The van der Waals surface area contributed by atoms with Crippen molar-refractivity contribution < 1.29 is 9.21 Å². The Morgan fingerprint density at radius 3 is 2.88 bits per heavy atom. The molecule has 2 atom stereocenters. The van der Waals surface area contributed by atoms with Crippen molar-refractivity contribution in [3.8, 4) is 5.69 Å². The number of amides is 1. The molecule has 0 fully saturated rings. The monoisotopic (exact) mass is 479 g/mol. The van der Waals surface area contributed by atoms with Gasteiger partial charge in [0.05, 0.1) is 29.1 Å². The highest BCUT2D eigenvalue weighted by atomic mass is 32.2. The van der Waals surface area contributed by atoms with Gasteiger partial charge in [-0.25, -0.2) is 4.98 Å². The molecule has 8 heteroatoms. The lowest BCUT2D eigenvalue weighted by molar-refractivity contribution is -0.120. The van der Waals surface area contributed by atoms with E-state index in [1.807, 2.05) is 43.3 Å². The zero-order chi connectivity index (χ0) is 22.9. The molecule has 0 aliphatic heterocycles. The molecule has 1 aliphatic carbocycles. The van der Waals surface area contributed by atoms with Gasteiger partial charge in [0.25, 0.3) is 5.56 Å². The van der Waals surface area contributed by atoms with Crippen LogP contribution < -0.4 is 10.9 Å². The van der Waals surface area contributed by atoms with E-state index in [9.17, 15) is 9.59 Å². The third-order valence-corrected chi connectivity index (χ3v) is 8.18. The van der Waals surface area contributed by atoms with E-state index in [1.165, 1.54) is 16.6 Å². The molecule has 1 N–H and O–H groups in total. The van der Waals surface area contributed by atoms with Crippen LogP contribution in [-0.4, -0.2) is 20.7 Å². The Morgan fingerprint density at radius 1 is 1.30 bits per heavy atom. The summed E-state index contributed by atoms with van der Waals surface area (Å²) in [6.45, 7) is 4.41. The number of hydrogen-bond donors (Lipinski definition) is 1. The molecule has 6 nitrogen and oxygen atoms in total. The number of rotatable bonds is 6. The van der Waals surface area contributed by atoms with Gasteiger partial charge in [-0.05, 0) is 61.9 Å². The number of aryl methyl sites for hydroxylation is 1. The van der Waals surface area contributed by atoms with Gasteiger partial charge in [-0.1, -0.05) is 36.9 Å². The number of benzene rings is 1. The first-order chi connectivity index (χ1) is 16.0. The zero-order valence-electron chi connectivity index (χ0n) is 18.5. The molecule has 3 aromatic heterocycles. The first-order valence-electron chi connectivity index (χ1n) is 11.1. The average molecular weight is 480 g/mol. The second-order valence-electron chi connectivity index (χ2n) is 8.46. The number of para-hydroxylation sites is 1. The number of carbonyl (C=O) groups excluding carboxylic acids is 1. The number of hydrogen-bond acceptors (Lipinski definition) is 6. The Kier molecular flexibility index (Phi) is 6.12. The van der Waals surface area contributed by atoms with Gasteiger partial charge in [-0.3, -0.25) is 14.2 Å². The van der Waals surface area contributed by atoms with Crippen molar-refractivity contribution in [3.05, 3.63) is 75.3 Å². The SMILES string of the molecule is CC1CCc2c(sc3nc(SC(C)C(=O)NCc4ccco4)n(-c4ccccc4)c(=O)c23)C1. The number of thiophene rings is 1. The lowest BCUT2D eigenvalue weighted by Crippen LogP contribution is -2.31. The maximum atomic E-state index is 13.8. The highest BCUT2D eigenvalue weighted by Crippen LogP contribution is 2.37. The molecule has 5 rings (SSSR count). The van der Waals surface area contributed by atoms with E-state index in [1.54, 1.807) is 28.2 Å². The standard InChI is InChI=1S/C25H25N3O3S2/c1-15-10-11-19-20(13-15)33-23-21(19)24(30)28(17-7-4-3-5-8-17)25(27-23)32-16(2)22(29)26-14-18-9-6-12-31-18/h3-9,12,15-16H,10-11,13-14H2,1-2H3,(H,26,29). The van der Waals surface area contributed by atoms with Crippen LogP contribution in [0.5, 0.6) is 0 Å². The normalized spacial score (nSPS) is 16.5. The fourth-order valence-electron chi connectivity index (χ4n) is 4.20. The van der Waals surface area contributed by atoms with Crippen LogP contribution in [0.4, 0.5) is 0 Å². The van der Waals surface area contributed by atoms with Gasteiger partial charge in [0.15, 0.2) is 5.16 Å². The number of nitrogens with zero attached hydrogens (tertiary/aromatic N) is 2. The van der Waals surface area contributed by atoms with Crippen LogP contribution in [0.2, 0.25) is 0 Å². The van der Waals surface area contributed by atoms with Gasteiger partial charge in [-0.15, -0.1) is 11.3 Å². The minimum Gasteiger partial charge on any atom is -0.467 e. The summed E-state index contributed by atoms with van der Waals surface area (Å²) in [5.41, 5.74) is 1.87. The summed E-state index contributed by atoms with van der Waals surface area (Å²) in [7, 11) is 0. The van der Waals surface area contributed by atoms with E-state index in [4.69, 9.17) is 9.40 Å². The zero-order valence-corrected chi connectivity index (χ0v) is 20.2. The molecule has 4 aromatic rings. The minimum absolute atomic E-state index is 0.0519. The summed E-state index contributed by atoms with van der Waals surface area (Å²) in [5.74, 6) is 1.18. The van der Waals surface area contributed by atoms with E-state index >= 15 is 0 Å². The van der Waals surface area contributed by atoms with Crippen LogP contribution in [0.3, 0.4) is 0 Å². The topological polar surface area (TPSA) is 77.1 Å². The molecule has 0 saturated carbocycles. The van der Waals surface area contributed by atoms with E-state index in [0.717, 1.165) is 40.7 Å². The summed E-state index contributed by atoms with van der Waals surface area (Å²) in [6, 6.07) is 13.2. The van der Waals surface area contributed by atoms with Crippen molar-refractivity contribution in [2.24, 2.45) is 5.92 Å².